The van der Waals surface area contributed by atoms with Gasteiger partial charge in [-0.3, -0.25) is 0 Å². The van der Waals surface area contributed by atoms with Crippen molar-refractivity contribution >= 4 is 0 Å². The molecule has 0 aromatic heterocycles. The smallest absolute Gasteiger partial charge is 0.0710 e. The summed E-state index contributed by atoms with van der Waals surface area (Å²) in [5, 5.41) is 0. The molecule has 1 aliphatic carbocycles. The molecule has 0 spiro atoms. The monoisotopic (exact) mass is 110 g/mol. The fraction of sp³-hybridized carbons (Fsp3) is 0.429. The molecule has 0 amide bonds. The molecule has 0 saturated carbocycles. The van der Waals surface area contributed by atoms with Crippen molar-refractivity contribution in [2.45, 2.75) is 6.42 Å². The molecule has 0 radical (unpaired) electrons. The molecule has 0 aromatic rings. The fourth-order valence-corrected chi connectivity index (χ4v) is 0.781. The first-order valence-corrected chi connectivity index (χ1v) is 2.78. The van der Waals surface area contributed by atoms with E-state index in [-0.39, 0.29) is 0 Å². The second-order valence-electron chi connectivity index (χ2n) is 1.85. The zero-order chi connectivity index (χ0) is 5.82. The van der Waals surface area contributed by atoms with Crippen LogP contribution in [0.1, 0.15) is 6.42 Å². The first-order chi connectivity index (χ1) is 3.93. The quantitative estimate of drug-likeness (QED) is 0.523. The van der Waals surface area contributed by atoms with Crippen molar-refractivity contribution in [3.8, 4) is 0 Å². The lowest BCUT2D eigenvalue weighted by atomic mass is 10.3. The molecule has 0 atom stereocenters. The van der Waals surface area contributed by atoms with E-state index in [0.29, 0.717) is 0 Å². The molecule has 0 saturated heterocycles. The Morgan fingerprint density at radius 2 is 2.62 bits per heavy atom. The molecular weight excluding hydrogens is 100 g/mol. The van der Waals surface area contributed by atoms with Gasteiger partial charge < -0.3 is 4.74 Å². The summed E-state index contributed by atoms with van der Waals surface area (Å²) in [5.41, 5.74) is 1.30. The van der Waals surface area contributed by atoms with Crippen LogP contribution in [0.25, 0.3) is 0 Å². The Bertz CT molecular complexity index is 122. The Morgan fingerprint density at radius 3 is 3.12 bits per heavy atom. The van der Waals surface area contributed by atoms with Gasteiger partial charge in [0.2, 0.25) is 0 Å². The van der Waals surface area contributed by atoms with Gasteiger partial charge in [-0.25, -0.2) is 0 Å². The highest BCUT2D eigenvalue weighted by molar-refractivity contribution is 5.26. The van der Waals surface area contributed by atoms with Crippen LogP contribution in [-0.2, 0) is 4.74 Å². The van der Waals surface area contributed by atoms with Crippen molar-refractivity contribution in [2.24, 2.45) is 0 Å². The molecular formula is C7H10O. The maximum atomic E-state index is 4.91. The highest BCUT2D eigenvalue weighted by atomic mass is 16.5. The molecule has 8 heavy (non-hydrogen) atoms. The van der Waals surface area contributed by atoms with Gasteiger partial charge in [-0.15, -0.1) is 0 Å². The van der Waals surface area contributed by atoms with Gasteiger partial charge in [-0.2, -0.15) is 0 Å². The van der Waals surface area contributed by atoms with E-state index in [2.05, 4.69) is 18.2 Å². The molecule has 1 heteroatoms. The van der Waals surface area contributed by atoms with Crippen LogP contribution in [0.5, 0.6) is 0 Å². The summed E-state index contributed by atoms with van der Waals surface area (Å²) >= 11 is 0. The predicted molar refractivity (Wildman–Crippen MR) is 33.7 cm³/mol. The number of hydrogen-bond donors (Lipinski definition) is 0. The van der Waals surface area contributed by atoms with Gasteiger partial charge in [0.05, 0.1) is 6.61 Å². The minimum absolute atomic E-state index is 0.760. The third kappa shape index (κ3) is 1.20. The molecule has 44 valence electrons. The largest absolute Gasteiger partial charge is 0.380 e. The van der Waals surface area contributed by atoms with E-state index in [0.717, 1.165) is 13.0 Å². The second-order valence-corrected chi connectivity index (χ2v) is 1.85. The van der Waals surface area contributed by atoms with E-state index in [1.165, 1.54) is 5.57 Å². The van der Waals surface area contributed by atoms with Crippen LogP contribution in [0.2, 0.25) is 0 Å². The lowest BCUT2D eigenvalue weighted by Gasteiger charge is -1.92. The maximum Gasteiger partial charge on any atom is 0.0710 e. The molecule has 0 unspecified atom stereocenters. The van der Waals surface area contributed by atoms with Crippen LogP contribution in [0.3, 0.4) is 0 Å². The first kappa shape index (κ1) is 5.57. The van der Waals surface area contributed by atoms with Gasteiger partial charge in [0, 0.05) is 7.11 Å². The average molecular weight is 110 g/mol. The van der Waals surface area contributed by atoms with Gasteiger partial charge in [-0.05, 0) is 12.0 Å². The normalized spacial score (nSPS) is 16.9. The van der Waals surface area contributed by atoms with E-state index < -0.39 is 0 Å². The van der Waals surface area contributed by atoms with Gasteiger partial charge in [0.1, 0.15) is 0 Å². The first-order valence-electron chi connectivity index (χ1n) is 2.78. The predicted octanol–water partition coefficient (Wildman–Crippen LogP) is 1.52. The van der Waals surface area contributed by atoms with Crippen LogP contribution >= 0.6 is 0 Å². The molecule has 0 bridgehead atoms. The number of hydrogen-bond acceptors (Lipinski definition) is 1. The minimum Gasteiger partial charge on any atom is -0.380 e. The maximum absolute atomic E-state index is 4.91. The van der Waals surface area contributed by atoms with E-state index in [1.54, 1.807) is 7.11 Å². The Balaban J connectivity index is 2.34. The summed E-state index contributed by atoms with van der Waals surface area (Å²) in [6, 6.07) is 0. The van der Waals surface area contributed by atoms with Crippen molar-refractivity contribution in [3.63, 3.8) is 0 Å². The van der Waals surface area contributed by atoms with E-state index in [4.69, 9.17) is 4.74 Å². The zero-order valence-electron chi connectivity index (χ0n) is 5.05. The highest BCUT2D eigenvalue weighted by Crippen LogP contribution is 2.07. The van der Waals surface area contributed by atoms with Gasteiger partial charge in [0.25, 0.3) is 0 Å². The lowest BCUT2D eigenvalue weighted by molar-refractivity contribution is 0.228. The van der Waals surface area contributed by atoms with Crippen molar-refractivity contribution in [1.29, 1.82) is 0 Å². The molecule has 0 heterocycles. The lowest BCUT2D eigenvalue weighted by Crippen LogP contribution is -1.87. The molecule has 1 aliphatic rings. The van der Waals surface area contributed by atoms with Crippen LogP contribution in [0.4, 0.5) is 0 Å². The highest BCUT2D eigenvalue weighted by Gasteiger charge is 1.93. The fourth-order valence-electron chi connectivity index (χ4n) is 0.781. The number of ether oxygens (including phenoxy) is 1. The SMILES string of the molecule is COCC1=CCC=C1. The van der Waals surface area contributed by atoms with Crippen LogP contribution in [0, 0.1) is 0 Å². The van der Waals surface area contributed by atoms with Crippen molar-refractivity contribution in [1.82, 2.24) is 0 Å². The van der Waals surface area contributed by atoms with Gasteiger partial charge in [0.15, 0.2) is 0 Å². The van der Waals surface area contributed by atoms with E-state index in [1.807, 2.05) is 0 Å². The van der Waals surface area contributed by atoms with Crippen molar-refractivity contribution in [3.05, 3.63) is 23.8 Å². The zero-order valence-corrected chi connectivity index (χ0v) is 5.05. The Morgan fingerprint density at radius 1 is 1.75 bits per heavy atom. The molecule has 0 fully saturated rings. The minimum atomic E-state index is 0.760. The Hall–Kier alpha value is -0.560. The van der Waals surface area contributed by atoms with Crippen molar-refractivity contribution < 1.29 is 4.74 Å². The average Bonchev–Trinajstić information content (AvgIpc) is 2.19. The second kappa shape index (κ2) is 2.68. The molecule has 1 nitrogen and oxygen atoms in total. The van der Waals surface area contributed by atoms with E-state index >= 15 is 0 Å². The van der Waals surface area contributed by atoms with Crippen LogP contribution < -0.4 is 0 Å². The van der Waals surface area contributed by atoms with Gasteiger partial charge >= 0.3 is 0 Å². The summed E-state index contributed by atoms with van der Waals surface area (Å²) in [5.74, 6) is 0. The van der Waals surface area contributed by atoms with Crippen LogP contribution in [-0.4, -0.2) is 13.7 Å². The third-order valence-electron chi connectivity index (χ3n) is 1.16. The standard InChI is InChI=1S/C7H10O/c1-8-6-7-4-2-3-5-7/h2,4-5H,3,6H2,1H3. The van der Waals surface area contributed by atoms with Gasteiger partial charge in [-0.1, -0.05) is 18.2 Å². The van der Waals surface area contributed by atoms with Crippen molar-refractivity contribution in [2.75, 3.05) is 13.7 Å². The summed E-state index contributed by atoms with van der Waals surface area (Å²) in [6.07, 6.45) is 7.49. The molecule has 0 aromatic carbocycles. The number of methoxy groups -OCH3 is 1. The summed E-state index contributed by atoms with van der Waals surface area (Å²) in [4.78, 5) is 0. The van der Waals surface area contributed by atoms with Crippen LogP contribution in [0.15, 0.2) is 23.8 Å². The summed E-state index contributed by atoms with van der Waals surface area (Å²) < 4.78 is 4.91. The third-order valence-corrected chi connectivity index (χ3v) is 1.16. The topological polar surface area (TPSA) is 9.23 Å². The molecule has 0 N–H and O–H groups in total. The Labute approximate surface area is 49.7 Å². The number of rotatable bonds is 2. The molecule has 1 rings (SSSR count). The summed E-state index contributed by atoms with van der Waals surface area (Å²) in [7, 11) is 1.72. The number of allylic oxidation sites excluding steroid dienone is 2. The molecule has 0 aliphatic heterocycles. The Kier molecular flexibility index (Phi) is 1.86. The van der Waals surface area contributed by atoms with E-state index in [9.17, 15) is 0 Å². The summed E-state index contributed by atoms with van der Waals surface area (Å²) in [6.45, 7) is 0.760.